The maximum Gasteiger partial charge on any atom is 0.490 e. The number of hydrogen-bond donors (Lipinski definition) is 3. The van der Waals surface area contributed by atoms with Crippen LogP contribution in [0.4, 0.5) is 28.9 Å². The maximum absolute atomic E-state index is 13.4. The number of halogens is 4. The summed E-state index contributed by atoms with van der Waals surface area (Å²) < 4.78 is 78.0. The van der Waals surface area contributed by atoms with Gasteiger partial charge in [0.2, 0.25) is 0 Å². The van der Waals surface area contributed by atoms with Gasteiger partial charge in [0, 0.05) is 13.1 Å². The van der Waals surface area contributed by atoms with Crippen LogP contribution < -0.4 is 9.62 Å². The van der Waals surface area contributed by atoms with E-state index in [1.165, 1.54) is 24.3 Å². The van der Waals surface area contributed by atoms with Gasteiger partial charge in [0.05, 0.1) is 35.0 Å². The van der Waals surface area contributed by atoms with E-state index in [0.29, 0.717) is 32.0 Å². The lowest BCUT2D eigenvalue weighted by Crippen LogP contribution is -2.36. The van der Waals surface area contributed by atoms with Gasteiger partial charge in [-0.15, -0.1) is 0 Å². The second kappa shape index (κ2) is 10.5. The van der Waals surface area contributed by atoms with E-state index in [1.54, 1.807) is 6.07 Å². The zero-order chi connectivity index (χ0) is 24.8. The molecular weight excluding hydrogens is 476 g/mol. The Labute approximate surface area is 185 Å². The van der Waals surface area contributed by atoms with Gasteiger partial charge in [-0.3, -0.25) is 4.72 Å². The van der Waals surface area contributed by atoms with E-state index in [4.69, 9.17) is 14.6 Å². The number of hydrogen-bond acceptors (Lipinski definition) is 6. The Balaban J connectivity index is 0.000000479. The molecule has 1 heterocycles. The summed E-state index contributed by atoms with van der Waals surface area (Å²) in [4.78, 5) is 21.8. The average molecular weight is 494 g/mol. The van der Waals surface area contributed by atoms with Crippen molar-refractivity contribution in [2.75, 3.05) is 35.9 Å². The molecule has 3 N–H and O–H groups in total. The Bertz CT molecular complexity index is 1120. The van der Waals surface area contributed by atoms with Gasteiger partial charge in [-0.05, 0) is 36.4 Å². The number of benzene rings is 2. The van der Waals surface area contributed by atoms with Gasteiger partial charge in [0.15, 0.2) is 0 Å². The molecule has 9 nitrogen and oxygen atoms in total. The molecule has 0 saturated carbocycles. The van der Waals surface area contributed by atoms with Crippen LogP contribution >= 0.6 is 0 Å². The molecular formula is C19H18F4N2O7S. The standard InChI is InChI=1S/C17H17FN2O5S.C2HF3O2/c18-13-2-1-3-14(11-13)26(23,24)19-15-10-12(17(21)22)4-5-16(15)20-6-8-25-9-7-20;3-2(4,5)1(6)7/h1-5,10-11,19H,6-9H2,(H,21,22);(H,6,7). The van der Waals surface area contributed by atoms with Gasteiger partial charge in [-0.1, -0.05) is 6.07 Å². The van der Waals surface area contributed by atoms with Crippen LogP contribution in [0.2, 0.25) is 0 Å². The van der Waals surface area contributed by atoms with Gasteiger partial charge < -0.3 is 19.8 Å². The Morgan fingerprint density at radius 3 is 2.15 bits per heavy atom. The van der Waals surface area contributed by atoms with Crippen LogP contribution in [0.25, 0.3) is 0 Å². The van der Waals surface area contributed by atoms with E-state index >= 15 is 0 Å². The number of rotatable bonds is 5. The van der Waals surface area contributed by atoms with E-state index in [1.807, 2.05) is 4.90 Å². The van der Waals surface area contributed by atoms with Crippen LogP contribution in [0.1, 0.15) is 10.4 Å². The van der Waals surface area contributed by atoms with Gasteiger partial charge >= 0.3 is 18.1 Å². The monoisotopic (exact) mass is 494 g/mol. The molecule has 0 radical (unpaired) electrons. The number of sulfonamides is 1. The highest BCUT2D eigenvalue weighted by Crippen LogP contribution is 2.30. The molecule has 0 aliphatic carbocycles. The average Bonchev–Trinajstić information content (AvgIpc) is 2.74. The van der Waals surface area contributed by atoms with E-state index in [0.717, 1.165) is 12.1 Å². The highest BCUT2D eigenvalue weighted by Gasteiger charge is 2.38. The van der Waals surface area contributed by atoms with E-state index < -0.39 is 34.0 Å². The predicted molar refractivity (Wildman–Crippen MR) is 107 cm³/mol. The van der Waals surface area contributed by atoms with Gasteiger partial charge in [-0.25, -0.2) is 22.4 Å². The molecule has 0 unspecified atom stereocenters. The minimum absolute atomic E-state index is 0.0565. The number of carbonyl (C=O) groups is 2. The number of nitrogens with zero attached hydrogens (tertiary/aromatic N) is 1. The zero-order valence-corrected chi connectivity index (χ0v) is 17.5. The third kappa shape index (κ3) is 7.32. The number of alkyl halides is 3. The second-order valence-electron chi connectivity index (χ2n) is 6.50. The molecule has 1 aliphatic rings. The van der Waals surface area contributed by atoms with Crippen LogP contribution in [-0.4, -0.2) is 63.0 Å². The third-order valence-corrected chi connectivity index (χ3v) is 5.55. The fourth-order valence-electron chi connectivity index (χ4n) is 2.67. The molecule has 14 heteroatoms. The smallest absolute Gasteiger partial charge is 0.478 e. The summed E-state index contributed by atoms with van der Waals surface area (Å²) in [6.45, 7) is 2.05. The summed E-state index contributed by atoms with van der Waals surface area (Å²) >= 11 is 0. The van der Waals surface area contributed by atoms with E-state index in [9.17, 15) is 35.9 Å². The first-order valence-corrected chi connectivity index (χ1v) is 10.6. The van der Waals surface area contributed by atoms with Gasteiger partial charge in [-0.2, -0.15) is 13.2 Å². The zero-order valence-electron chi connectivity index (χ0n) is 16.7. The summed E-state index contributed by atoms with van der Waals surface area (Å²) in [6.07, 6.45) is -5.08. The van der Waals surface area contributed by atoms with Crippen molar-refractivity contribution in [3.05, 3.63) is 53.8 Å². The number of carboxylic acids is 2. The summed E-state index contributed by atoms with van der Waals surface area (Å²) in [5, 5.41) is 16.3. The van der Waals surface area contributed by atoms with Crippen molar-refractivity contribution >= 4 is 33.3 Å². The predicted octanol–water partition coefficient (Wildman–Crippen LogP) is 2.79. The summed E-state index contributed by atoms with van der Waals surface area (Å²) in [5.74, 6) is -4.61. The molecule has 2 aromatic carbocycles. The van der Waals surface area contributed by atoms with E-state index in [2.05, 4.69) is 4.72 Å². The lowest BCUT2D eigenvalue weighted by Gasteiger charge is -2.30. The van der Waals surface area contributed by atoms with Crippen LogP contribution in [0, 0.1) is 5.82 Å². The molecule has 2 aromatic rings. The van der Waals surface area contributed by atoms with Gasteiger partial charge in [0.1, 0.15) is 5.82 Å². The number of aliphatic carboxylic acids is 1. The molecule has 1 fully saturated rings. The quantitative estimate of drug-likeness (QED) is 0.541. The van der Waals surface area contributed by atoms with Crippen molar-refractivity contribution in [1.29, 1.82) is 0 Å². The van der Waals surface area contributed by atoms with Crippen molar-refractivity contribution in [2.24, 2.45) is 0 Å². The Morgan fingerprint density at radius 2 is 1.64 bits per heavy atom. The Morgan fingerprint density at radius 1 is 1.03 bits per heavy atom. The van der Waals surface area contributed by atoms with Gasteiger partial charge in [0.25, 0.3) is 10.0 Å². The molecule has 1 aliphatic heterocycles. The second-order valence-corrected chi connectivity index (χ2v) is 8.18. The number of carboxylic acid groups (broad SMARTS) is 2. The molecule has 3 rings (SSSR count). The van der Waals surface area contributed by atoms with Crippen molar-refractivity contribution < 1.29 is 50.5 Å². The minimum Gasteiger partial charge on any atom is -0.478 e. The Hall–Kier alpha value is -3.39. The molecule has 1 saturated heterocycles. The highest BCUT2D eigenvalue weighted by molar-refractivity contribution is 7.92. The fourth-order valence-corrected chi connectivity index (χ4v) is 3.76. The number of morpholine rings is 1. The number of anilines is 2. The number of nitrogens with one attached hydrogen (secondary N) is 1. The maximum atomic E-state index is 13.4. The highest BCUT2D eigenvalue weighted by atomic mass is 32.2. The normalized spacial score (nSPS) is 14.1. The van der Waals surface area contributed by atoms with Crippen LogP contribution in [-0.2, 0) is 19.6 Å². The van der Waals surface area contributed by atoms with Crippen molar-refractivity contribution in [3.8, 4) is 0 Å². The molecule has 0 bridgehead atoms. The molecule has 0 aromatic heterocycles. The Kier molecular flexibility index (Phi) is 8.22. The molecule has 33 heavy (non-hydrogen) atoms. The summed E-state index contributed by atoms with van der Waals surface area (Å²) in [6, 6.07) is 8.82. The number of ether oxygens (including phenoxy) is 1. The van der Waals surface area contributed by atoms with Crippen LogP contribution in [0.3, 0.4) is 0 Å². The van der Waals surface area contributed by atoms with Crippen molar-refractivity contribution in [2.45, 2.75) is 11.1 Å². The van der Waals surface area contributed by atoms with E-state index in [-0.39, 0.29) is 16.1 Å². The molecule has 0 amide bonds. The van der Waals surface area contributed by atoms with Crippen LogP contribution in [0.5, 0.6) is 0 Å². The fraction of sp³-hybridized carbons (Fsp3) is 0.263. The summed E-state index contributed by atoms with van der Waals surface area (Å²) in [7, 11) is -4.08. The lowest BCUT2D eigenvalue weighted by atomic mass is 10.1. The first-order chi connectivity index (χ1) is 15.3. The first kappa shape index (κ1) is 25.9. The molecule has 180 valence electrons. The van der Waals surface area contributed by atoms with Crippen molar-refractivity contribution in [3.63, 3.8) is 0 Å². The van der Waals surface area contributed by atoms with Crippen LogP contribution in [0.15, 0.2) is 47.4 Å². The minimum atomic E-state index is -5.08. The molecule has 0 atom stereocenters. The third-order valence-electron chi connectivity index (χ3n) is 4.19. The molecule has 0 spiro atoms. The lowest BCUT2D eigenvalue weighted by molar-refractivity contribution is -0.192. The SMILES string of the molecule is O=C(O)C(F)(F)F.O=C(O)c1ccc(N2CCOCC2)c(NS(=O)(=O)c2cccc(F)c2)c1. The van der Waals surface area contributed by atoms with Crippen molar-refractivity contribution in [1.82, 2.24) is 0 Å². The number of aromatic carboxylic acids is 1. The summed E-state index contributed by atoms with van der Waals surface area (Å²) in [5.41, 5.74) is 0.605. The largest absolute Gasteiger partial charge is 0.490 e. The topological polar surface area (TPSA) is 133 Å². The first-order valence-electron chi connectivity index (χ1n) is 9.10.